The minimum atomic E-state index is 0.279. The van der Waals surface area contributed by atoms with E-state index in [0.29, 0.717) is 6.42 Å². The first kappa shape index (κ1) is 12.6. The van der Waals surface area contributed by atoms with Gasteiger partial charge in [0.25, 0.3) is 0 Å². The van der Waals surface area contributed by atoms with Crippen LogP contribution in [0.4, 0.5) is 0 Å². The second kappa shape index (κ2) is 4.93. The van der Waals surface area contributed by atoms with Crippen molar-refractivity contribution >= 4 is 21.7 Å². The standard InChI is InChI=1S/C17H15BrO/c1-2-12-5-6-15(18)9-14(12)7-11-3-4-13-10-17(19)16(13)8-11/h3-6,8-9H,2,7,10H2,1H3. The molecule has 2 aromatic carbocycles. The number of carbonyl (C=O) groups excluding carboxylic acids is 1. The number of rotatable bonds is 3. The predicted molar refractivity (Wildman–Crippen MR) is 80.8 cm³/mol. The Hall–Kier alpha value is -1.41. The van der Waals surface area contributed by atoms with Gasteiger partial charge in [0.15, 0.2) is 5.78 Å². The number of fused-ring (bicyclic) bond motifs is 1. The smallest absolute Gasteiger partial charge is 0.167 e. The van der Waals surface area contributed by atoms with E-state index < -0.39 is 0 Å². The molecule has 0 fully saturated rings. The van der Waals surface area contributed by atoms with Crippen molar-refractivity contribution in [1.82, 2.24) is 0 Å². The van der Waals surface area contributed by atoms with Crippen molar-refractivity contribution in [2.45, 2.75) is 26.2 Å². The lowest BCUT2D eigenvalue weighted by molar-refractivity contribution is 0.0968. The van der Waals surface area contributed by atoms with Crippen LogP contribution in [0.3, 0.4) is 0 Å². The summed E-state index contributed by atoms with van der Waals surface area (Å²) in [6, 6.07) is 12.7. The minimum absolute atomic E-state index is 0.279. The summed E-state index contributed by atoms with van der Waals surface area (Å²) in [4.78, 5) is 11.5. The average Bonchev–Trinajstić information content (AvgIpc) is 2.40. The second-order valence-electron chi connectivity index (χ2n) is 5.03. The van der Waals surface area contributed by atoms with Crippen molar-refractivity contribution in [3.63, 3.8) is 0 Å². The van der Waals surface area contributed by atoms with Gasteiger partial charge in [-0.2, -0.15) is 0 Å². The van der Waals surface area contributed by atoms with Gasteiger partial charge in [-0.05, 0) is 53.3 Å². The molecule has 1 aliphatic carbocycles. The van der Waals surface area contributed by atoms with E-state index in [4.69, 9.17) is 0 Å². The van der Waals surface area contributed by atoms with Gasteiger partial charge in [0.05, 0.1) is 0 Å². The molecule has 3 rings (SSSR count). The van der Waals surface area contributed by atoms with Crippen molar-refractivity contribution in [3.8, 4) is 0 Å². The first-order valence-corrected chi connectivity index (χ1v) is 7.39. The number of aryl methyl sites for hydroxylation is 1. The van der Waals surface area contributed by atoms with Crippen LogP contribution < -0.4 is 0 Å². The molecule has 0 spiro atoms. The van der Waals surface area contributed by atoms with Gasteiger partial charge in [-0.3, -0.25) is 4.79 Å². The van der Waals surface area contributed by atoms with Gasteiger partial charge in [-0.25, -0.2) is 0 Å². The van der Waals surface area contributed by atoms with E-state index >= 15 is 0 Å². The molecule has 0 radical (unpaired) electrons. The summed E-state index contributed by atoms with van der Waals surface area (Å²) in [6.07, 6.45) is 2.54. The fourth-order valence-electron chi connectivity index (χ4n) is 2.63. The largest absolute Gasteiger partial charge is 0.294 e. The molecular formula is C17H15BrO. The first-order chi connectivity index (χ1) is 9.17. The highest BCUT2D eigenvalue weighted by Crippen LogP contribution is 2.26. The van der Waals surface area contributed by atoms with E-state index in [1.165, 1.54) is 22.3 Å². The molecule has 0 bridgehead atoms. The van der Waals surface area contributed by atoms with Crippen LogP contribution in [0.1, 0.15) is 39.5 Å². The van der Waals surface area contributed by atoms with Crippen LogP contribution in [0.15, 0.2) is 40.9 Å². The zero-order chi connectivity index (χ0) is 13.4. The maximum Gasteiger partial charge on any atom is 0.167 e. The van der Waals surface area contributed by atoms with E-state index in [1.54, 1.807) is 0 Å². The Labute approximate surface area is 121 Å². The Morgan fingerprint density at radius 1 is 1.11 bits per heavy atom. The van der Waals surface area contributed by atoms with Crippen molar-refractivity contribution in [3.05, 3.63) is 68.7 Å². The van der Waals surface area contributed by atoms with Crippen molar-refractivity contribution in [2.24, 2.45) is 0 Å². The van der Waals surface area contributed by atoms with Gasteiger partial charge in [-0.1, -0.05) is 41.1 Å². The van der Waals surface area contributed by atoms with Gasteiger partial charge in [0.1, 0.15) is 0 Å². The number of carbonyl (C=O) groups is 1. The zero-order valence-electron chi connectivity index (χ0n) is 10.9. The fraction of sp³-hybridized carbons (Fsp3) is 0.235. The lowest BCUT2D eigenvalue weighted by Gasteiger charge is -2.18. The van der Waals surface area contributed by atoms with Crippen LogP contribution in [0.25, 0.3) is 0 Å². The molecular weight excluding hydrogens is 300 g/mol. The summed E-state index contributed by atoms with van der Waals surface area (Å²) in [5.41, 5.74) is 6.05. The molecule has 0 aromatic heterocycles. The lowest BCUT2D eigenvalue weighted by Crippen LogP contribution is -2.18. The van der Waals surface area contributed by atoms with Crippen LogP contribution in [0.2, 0.25) is 0 Å². The summed E-state index contributed by atoms with van der Waals surface area (Å²) in [7, 11) is 0. The van der Waals surface area contributed by atoms with Gasteiger partial charge in [-0.15, -0.1) is 0 Å². The number of hydrogen-bond donors (Lipinski definition) is 0. The molecule has 0 atom stereocenters. The van der Waals surface area contributed by atoms with Crippen molar-refractivity contribution < 1.29 is 4.79 Å². The molecule has 0 unspecified atom stereocenters. The summed E-state index contributed by atoms with van der Waals surface area (Å²) in [6.45, 7) is 2.17. The molecule has 0 heterocycles. The number of ketones is 1. The molecule has 2 heteroatoms. The molecule has 0 saturated carbocycles. The van der Waals surface area contributed by atoms with Gasteiger partial charge in [0.2, 0.25) is 0 Å². The molecule has 19 heavy (non-hydrogen) atoms. The monoisotopic (exact) mass is 314 g/mol. The Balaban J connectivity index is 1.93. The van der Waals surface area contributed by atoms with Crippen LogP contribution in [0, 0.1) is 0 Å². The van der Waals surface area contributed by atoms with Crippen LogP contribution in [0.5, 0.6) is 0 Å². The summed E-state index contributed by atoms with van der Waals surface area (Å²) in [5.74, 6) is 0.279. The number of Topliss-reactive ketones (excluding diaryl/α,β-unsaturated/α-hetero) is 1. The first-order valence-electron chi connectivity index (χ1n) is 6.59. The van der Waals surface area contributed by atoms with Crippen LogP contribution >= 0.6 is 15.9 Å². The third kappa shape index (κ3) is 2.37. The van der Waals surface area contributed by atoms with E-state index in [0.717, 1.165) is 22.9 Å². The maximum absolute atomic E-state index is 11.5. The number of hydrogen-bond acceptors (Lipinski definition) is 1. The molecule has 0 N–H and O–H groups in total. The molecule has 2 aromatic rings. The molecule has 96 valence electrons. The number of halogens is 1. The van der Waals surface area contributed by atoms with Crippen molar-refractivity contribution in [1.29, 1.82) is 0 Å². The molecule has 1 aliphatic rings. The minimum Gasteiger partial charge on any atom is -0.294 e. The van der Waals surface area contributed by atoms with Crippen LogP contribution in [-0.4, -0.2) is 5.78 Å². The summed E-state index contributed by atoms with van der Waals surface area (Å²) in [5, 5.41) is 0. The normalized spacial score (nSPS) is 13.1. The highest BCUT2D eigenvalue weighted by atomic mass is 79.9. The SMILES string of the molecule is CCc1ccc(Br)cc1Cc1ccc2c(c1)C(=O)C2. The van der Waals surface area contributed by atoms with Gasteiger partial charge < -0.3 is 0 Å². The molecule has 1 nitrogen and oxygen atoms in total. The fourth-order valence-corrected chi connectivity index (χ4v) is 3.04. The molecule has 0 amide bonds. The Bertz CT molecular complexity index is 658. The van der Waals surface area contributed by atoms with Crippen molar-refractivity contribution in [2.75, 3.05) is 0 Å². The van der Waals surface area contributed by atoms with Gasteiger partial charge in [0, 0.05) is 16.5 Å². The quantitative estimate of drug-likeness (QED) is 0.823. The topological polar surface area (TPSA) is 17.1 Å². The maximum atomic E-state index is 11.5. The summed E-state index contributed by atoms with van der Waals surface area (Å²) >= 11 is 3.53. The average molecular weight is 315 g/mol. The predicted octanol–water partition coefficient (Wildman–Crippen LogP) is 4.34. The van der Waals surface area contributed by atoms with Gasteiger partial charge >= 0.3 is 0 Å². The Morgan fingerprint density at radius 2 is 1.95 bits per heavy atom. The highest BCUT2D eigenvalue weighted by Gasteiger charge is 2.22. The third-order valence-corrected chi connectivity index (χ3v) is 4.26. The summed E-state index contributed by atoms with van der Waals surface area (Å²) < 4.78 is 1.11. The number of benzene rings is 2. The third-order valence-electron chi connectivity index (χ3n) is 3.77. The molecule has 0 saturated heterocycles. The van der Waals surface area contributed by atoms with E-state index in [9.17, 15) is 4.79 Å². The Kier molecular flexibility index (Phi) is 3.28. The van der Waals surface area contributed by atoms with E-state index in [1.807, 2.05) is 0 Å². The molecule has 0 aliphatic heterocycles. The van der Waals surface area contributed by atoms with E-state index in [-0.39, 0.29) is 5.78 Å². The zero-order valence-corrected chi connectivity index (χ0v) is 12.5. The lowest BCUT2D eigenvalue weighted by atomic mass is 9.84. The van der Waals surface area contributed by atoms with E-state index in [2.05, 4.69) is 59.3 Å². The van der Waals surface area contributed by atoms with Crippen LogP contribution in [-0.2, 0) is 19.3 Å². The Morgan fingerprint density at radius 3 is 2.68 bits per heavy atom. The second-order valence-corrected chi connectivity index (χ2v) is 5.95. The highest BCUT2D eigenvalue weighted by molar-refractivity contribution is 9.10.